The summed E-state index contributed by atoms with van der Waals surface area (Å²) >= 11 is 1.36. The van der Waals surface area contributed by atoms with Crippen LogP contribution in [-0.2, 0) is 21.8 Å². The van der Waals surface area contributed by atoms with Gasteiger partial charge in [0, 0.05) is 35.1 Å². The lowest BCUT2D eigenvalue weighted by Gasteiger charge is -2.15. The monoisotopic (exact) mass is 454 g/mol. The van der Waals surface area contributed by atoms with Crippen LogP contribution in [0.15, 0.2) is 58.7 Å². The van der Waals surface area contributed by atoms with Crippen LogP contribution in [0.25, 0.3) is 0 Å². The summed E-state index contributed by atoms with van der Waals surface area (Å²) in [4.78, 5) is 45.0. The molecule has 32 heavy (non-hydrogen) atoms. The minimum atomic E-state index is -0.456. The first-order chi connectivity index (χ1) is 15.4. The second-order valence-electron chi connectivity index (χ2n) is 6.71. The van der Waals surface area contributed by atoms with E-state index in [4.69, 9.17) is 4.74 Å². The molecule has 3 rings (SSSR count). The van der Waals surface area contributed by atoms with Crippen LogP contribution < -0.4 is 15.5 Å². The van der Waals surface area contributed by atoms with E-state index in [1.807, 2.05) is 6.92 Å². The number of nitrogens with zero attached hydrogens (tertiary/aromatic N) is 3. The molecule has 0 aliphatic heterocycles. The number of hydrogen-bond acceptors (Lipinski definition) is 8. The third-order valence-electron chi connectivity index (χ3n) is 4.43. The molecule has 10 heteroatoms. The number of carbonyl (C=O) groups is 2. The van der Waals surface area contributed by atoms with Crippen LogP contribution in [0.2, 0.25) is 0 Å². The van der Waals surface area contributed by atoms with E-state index in [1.54, 1.807) is 41.1 Å². The Morgan fingerprint density at radius 3 is 2.56 bits per heavy atom. The maximum absolute atomic E-state index is 12.6. The fourth-order valence-corrected chi connectivity index (χ4v) is 3.69. The summed E-state index contributed by atoms with van der Waals surface area (Å²) < 4.78 is 11.4. The van der Waals surface area contributed by atoms with E-state index in [9.17, 15) is 14.4 Å². The lowest BCUT2D eigenvalue weighted by Crippen LogP contribution is -2.22. The van der Waals surface area contributed by atoms with Crippen molar-refractivity contribution in [2.24, 2.45) is 0 Å². The number of rotatable bonds is 8. The number of aryl methyl sites for hydroxylation is 1. The number of nitrogens with one attached hydrogen (secondary N) is 1. The molecule has 3 aromatic rings. The molecule has 9 nitrogen and oxygen atoms in total. The summed E-state index contributed by atoms with van der Waals surface area (Å²) in [5, 5.41) is 3.35. The van der Waals surface area contributed by atoms with Crippen molar-refractivity contribution in [2.75, 3.05) is 19.5 Å². The molecule has 0 spiro atoms. The molecule has 0 saturated carbocycles. The average molecular weight is 455 g/mol. The summed E-state index contributed by atoms with van der Waals surface area (Å²) in [6.07, 6.45) is 3.18. The van der Waals surface area contributed by atoms with Gasteiger partial charge in [-0.3, -0.25) is 9.59 Å². The van der Waals surface area contributed by atoms with E-state index < -0.39 is 5.97 Å². The molecule has 1 N–H and O–H groups in total. The number of esters is 1. The minimum Gasteiger partial charge on any atom is -0.491 e. The molecule has 0 unspecified atom stereocenters. The second-order valence-corrected chi connectivity index (χ2v) is 7.65. The summed E-state index contributed by atoms with van der Waals surface area (Å²) in [7, 11) is 2.71. The van der Waals surface area contributed by atoms with Crippen molar-refractivity contribution < 1.29 is 19.1 Å². The van der Waals surface area contributed by atoms with Gasteiger partial charge in [-0.25, -0.2) is 14.8 Å². The number of hydrogen-bond donors (Lipinski definition) is 1. The third kappa shape index (κ3) is 5.94. The topological polar surface area (TPSA) is 112 Å². The van der Waals surface area contributed by atoms with Gasteiger partial charge in [-0.05, 0) is 37.3 Å². The van der Waals surface area contributed by atoms with Crippen molar-refractivity contribution >= 4 is 29.3 Å². The maximum atomic E-state index is 12.6. The average Bonchev–Trinajstić information content (AvgIpc) is 2.79. The molecule has 0 fully saturated rings. The van der Waals surface area contributed by atoms with Gasteiger partial charge in [0.1, 0.15) is 6.54 Å². The molecule has 0 aliphatic carbocycles. The summed E-state index contributed by atoms with van der Waals surface area (Å²) in [6.45, 7) is 1.83. The van der Waals surface area contributed by atoms with E-state index in [0.29, 0.717) is 27.9 Å². The number of amides is 1. The SMILES string of the molecule is COC(=O)c1ccc(NC(=O)Cn2cc(OC)c(=O)cc2CSc2nccc(C)n2)cc1. The van der Waals surface area contributed by atoms with Gasteiger partial charge < -0.3 is 19.4 Å². The summed E-state index contributed by atoms with van der Waals surface area (Å²) in [5.41, 5.74) is 2.10. The molecule has 0 saturated heterocycles. The number of ether oxygens (including phenoxy) is 2. The van der Waals surface area contributed by atoms with Gasteiger partial charge in [0.2, 0.25) is 11.3 Å². The summed E-state index contributed by atoms with van der Waals surface area (Å²) in [5.74, 6) is -0.229. The molecule has 0 atom stereocenters. The third-order valence-corrected chi connectivity index (χ3v) is 5.32. The molecule has 0 bridgehead atoms. The zero-order valence-electron chi connectivity index (χ0n) is 17.8. The maximum Gasteiger partial charge on any atom is 0.337 e. The van der Waals surface area contributed by atoms with Gasteiger partial charge in [-0.1, -0.05) is 11.8 Å². The van der Waals surface area contributed by atoms with Crippen LogP contribution in [-0.4, -0.2) is 40.6 Å². The van der Waals surface area contributed by atoms with Crippen molar-refractivity contribution in [1.29, 1.82) is 0 Å². The van der Waals surface area contributed by atoms with Crippen LogP contribution in [0.3, 0.4) is 0 Å². The van der Waals surface area contributed by atoms with E-state index in [2.05, 4.69) is 20.0 Å². The highest BCUT2D eigenvalue weighted by molar-refractivity contribution is 7.98. The van der Waals surface area contributed by atoms with E-state index >= 15 is 0 Å². The predicted molar refractivity (Wildman–Crippen MR) is 120 cm³/mol. The predicted octanol–water partition coefficient (Wildman–Crippen LogP) is 2.67. The number of pyridine rings is 1. The number of thioether (sulfide) groups is 1. The smallest absolute Gasteiger partial charge is 0.337 e. The van der Waals surface area contributed by atoms with E-state index in [-0.39, 0.29) is 23.6 Å². The summed E-state index contributed by atoms with van der Waals surface area (Å²) in [6, 6.07) is 9.60. The van der Waals surface area contributed by atoms with Crippen molar-refractivity contribution in [3.8, 4) is 5.75 Å². The number of carbonyl (C=O) groups excluding carboxylic acids is 2. The molecule has 2 heterocycles. The van der Waals surface area contributed by atoms with E-state index in [0.717, 1.165) is 5.69 Å². The van der Waals surface area contributed by atoms with Gasteiger partial charge in [-0.15, -0.1) is 0 Å². The van der Waals surface area contributed by atoms with Gasteiger partial charge in [0.25, 0.3) is 0 Å². The van der Waals surface area contributed by atoms with Gasteiger partial charge in [0.15, 0.2) is 10.9 Å². The highest BCUT2D eigenvalue weighted by Gasteiger charge is 2.13. The minimum absolute atomic E-state index is 0.0417. The molecule has 1 aromatic carbocycles. The normalized spacial score (nSPS) is 10.5. The van der Waals surface area contributed by atoms with Crippen molar-refractivity contribution in [3.05, 3.63) is 76.0 Å². The van der Waals surface area contributed by atoms with Crippen LogP contribution in [0.5, 0.6) is 5.75 Å². The largest absolute Gasteiger partial charge is 0.491 e. The molecular weight excluding hydrogens is 432 g/mol. The lowest BCUT2D eigenvalue weighted by atomic mass is 10.2. The van der Waals surface area contributed by atoms with E-state index in [1.165, 1.54) is 38.2 Å². The molecule has 2 aromatic heterocycles. The van der Waals surface area contributed by atoms with Crippen LogP contribution in [0.1, 0.15) is 21.7 Å². The lowest BCUT2D eigenvalue weighted by molar-refractivity contribution is -0.116. The Morgan fingerprint density at radius 1 is 1.16 bits per heavy atom. The molecular formula is C22H22N4O5S. The number of benzene rings is 1. The number of anilines is 1. The second kappa shape index (κ2) is 10.6. The first-order valence-corrected chi connectivity index (χ1v) is 10.6. The zero-order chi connectivity index (χ0) is 23.1. The van der Waals surface area contributed by atoms with Crippen LogP contribution in [0.4, 0.5) is 5.69 Å². The fraction of sp³-hybridized carbons (Fsp3) is 0.227. The van der Waals surface area contributed by atoms with Crippen molar-refractivity contribution in [3.63, 3.8) is 0 Å². The highest BCUT2D eigenvalue weighted by Crippen LogP contribution is 2.20. The first-order valence-electron chi connectivity index (χ1n) is 9.57. The molecule has 0 radical (unpaired) electrons. The van der Waals surface area contributed by atoms with Crippen LogP contribution >= 0.6 is 11.8 Å². The molecule has 0 aliphatic rings. The quantitative estimate of drug-likeness (QED) is 0.314. The van der Waals surface area contributed by atoms with Gasteiger partial charge in [-0.2, -0.15) is 0 Å². The van der Waals surface area contributed by atoms with Gasteiger partial charge >= 0.3 is 5.97 Å². The Balaban J connectivity index is 1.75. The number of aromatic nitrogens is 3. The van der Waals surface area contributed by atoms with Crippen molar-refractivity contribution in [1.82, 2.24) is 14.5 Å². The number of methoxy groups -OCH3 is 2. The fourth-order valence-electron chi connectivity index (χ4n) is 2.82. The van der Waals surface area contributed by atoms with Crippen molar-refractivity contribution in [2.45, 2.75) is 24.4 Å². The standard InChI is InChI=1S/C22H22N4O5S/c1-14-8-9-23-22(24-14)32-13-17-10-18(27)19(30-2)11-26(17)12-20(28)25-16-6-4-15(5-7-16)21(29)31-3/h4-11H,12-13H2,1-3H3,(H,25,28). The zero-order valence-corrected chi connectivity index (χ0v) is 18.6. The molecule has 1 amide bonds. The van der Waals surface area contributed by atoms with Gasteiger partial charge in [0.05, 0.1) is 26.0 Å². The highest BCUT2D eigenvalue weighted by atomic mass is 32.2. The first kappa shape index (κ1) is 23.0. The Labute approximate surface area is 188 Å². The van der Waals surface area contributed by atoms with Crippen LogP contribution in [0, 0.1) is 6.92 Å². The molecule has 166 valence electrons. The Hall–Kier alpha value is -3.66. The Kier molecular flexibility index (Phi) is 7.61. The Morgan fingerprint density at radius 2 is 1.91 bits per heavy atom. The Bertz CT molecular complexity index is 1180.